The van der Waals surface area contributed by atoms with Gasteiger partial charge in [-0.15, -0.1) is 0 Å². The van der Waals surface area contributed by atoms with E-state index < -0.39 is 11.5 Å². The van der Waals surface area contributed by atoms with Crippen molar-refractivity contribution in [2.75, 3.05) is 33.4 Å². The van der Waals surface area contributed by atoms with Gasteiger partial charge in [-0.3, -0.25) is 10.1 Å². The lowest BCUT2D eigenvalue weighted by Crippen LogP contribution is -2.62. The van der Waals surface area contributed by atoms with Crippen LogP contribution in [0, 0.1) is 11.8 Å². The molecule has 5 heteroatoms. The van der Waals surface area contributed by atoms with Gasteiger partial charge in [-0.1, -0.05) is 0 Å². The summed E-state index contributed by atoms with van der Waals surface area (Å²) in [6.07, 6.45) is 6.64. The SMILES string of the molecule is COCC1CCN(CC(NC2CC2)(C(=O)O)C2CC2)CC1. The average Bonchev–Trinajstić information content (AvgIpc) is 3.34. The smallest absolute Gasteiger partial charge is 0.325 e. The molecule has 3 rings (SSSR count). The Labute approximate surface area is 127 Å². The zero-order valence-corrected chi connectivity index (χ0v) is 13.0. The fourth-order valence-electron chi connectivity index (χ4n) is 3.66. The lowest BCUT2D eigenvalue weighted by atomic mass is 9.89. The van der Waals surface area contributed by atoms with Gasteiger partial charge in [-0.25, -0.2) is 0 Å². The molecule has 0 amide bonds. The fourth-order valence-corrected chi connectivity index (χ4v) is 3.66. The first-order chi connectivity index (χ1) is 10.1. The van der Waals surface area contributed by atoms with Gasteiger partial charge in [0.15, 0.2) is 0 Å². The number of nitrogens with one attached hydrogen (secondary N) is 1. The highest BCUT2D eigenvalue weighted by atomic mass is 16.5. The van der Waals surface area contributed by atoms with Gasteiger partial charge in [0.25, 0.3) is 0 Å². The monoisotopic (exact) mass is 296 g/mol. The number of carboxylic acid groups (broad SMARTS) is 1. The highest BCUT2D eigenvalue weighted by molar-refractivity contribution is 5.80. The third-order valence-electron chi connectivity index (χ3n) is 5.28. The van der Waals surface area contributed by atoms with E-state index in [0.29, 0.717) is 24.4 Å². The molecule has 120 valence electrons. The summed E-state index contributed by atoms with van der Waals surface area (Å²) in [4.78, 5) is 14.4. The second kappa shape index (κ2) is 6.23. The molecule has 0 bridgehead atoms. The van der Waals surface area contributed by atoms with Crippen LogP contribution in [0.2, 0.25) is 0 Å². The fraction of sp³-hybridized carbons (Fsp3) is 0.938. The minimum Gasteiger partial charge on any atom is -0.480 e. The van der Waals surface area contributed by atoms with E-state index in [1.807, 2.05) is 0 Å². The Balaban J connectivity index is 1.60. The van der Waals surface area contributed by atoms with Crippen LogP contribution >= 0.6 is 0 Å². The van der Waals surface area contributed by atoms with Gasteiger partial charge >= 0.3 is 5.97 Å². The van der Waals surface area contributed by atoms with Crippen LogP contribution in [0.5, 0.6) is 0 Å². The van der Waals surface area contributed by atoms with Crippen molar-refractivity contribution in [2.45, 2.75) is 50.1 Å². The normalized spacial score (nSPS) is 27.5. The summed E-state index contributed by atoms with van der Waals surface area (Å²) in [6.45, 7) is 3.51. The minimum atomic E-state index is -0.699. The number of methoxy groups -OCH3 is 1. The number of carboxylic acids is 1. The van der Waals surface area contributed by atoms with Gasteiger partial charge < -0.3 is 14.7 Å². The number of rotatable bonds is 8. The van der Waals surface area contributed by atoms with E-state index in [-0.39, 0.29) is 0 Å². The highest BCUT2D eigenvalue weighted by Gasteiger charge is 2.54. The van der Waals surface area contributed by atoms with Crippen molar-refractivity contribution in [1.82, 2.24) is 10.2 Å². The van der Waals surface area contributed by atoms with Gasteiger partial charge in [0, 0.05) is 26.3 Å². The molecule has 0 aromatic rings. The van der Waals surface area contributed by atoms with Gasteiger partial charge in [0.05, 0.1) is 0 Å². The van der Waals surface area contributed by atoms with Crippen LogP contribution in [0.4, 0.5) is 0 Å². The molecule has 0 spiro atoms. The lowest BCUT2D eigenvalue weighted by Gasteiger charge is -2.39. The molecule has 3 fully saturated rings. The molecule has 1 heterocycles. The molecule has 21 heavy (non-hydrogen) atoms. The van der Waals surface area contributed by atoms with E-state index in [2.05, 4.69) is 10.2 Å². The molecule has 1 atom stereocenters. The topological polar surface area (TPSA) is 61.8 Å². The molecule has 2 aliphatic carbocycles. The third kappa shape index (κ3) is 3.58. The lowest BCUT2D eigenvalue weighted by molar-refractivity contribution is -0.147. The maximum absolute atomic E-state index is 12.0. The summed E-state index contributed by atoms with van der Waals surface area (Å²) in [5, 5.41) is 13.4. The Morgan fingerprint density at radius 2 is 1.90 bits per heavy atom. The number of carbonyl (C=O) groups is 1. The summed E-state index contributed by atoms with van der Waals surface area (Å²) >= 11 is 0. The highest BCUT2D eigenvalue weighted by Crippen LogP contribution is 2.42. The standard InChI is InChI=1S/C16H28N2O3/c1-21-10-12-6-8-18(9-7-12)11-16(15(19)20,13-2-3-13)17-14-4-5-14/h12-14,17H,2-11H2,1H3,(H,19,20). The molecular weight excluding hydrogens is 268 g/mol. The zero-order chi connectivity index (χ0) is 14.9. The summed E-state index contributed by atoms with van der Waals surface area (Å²) in [5.41, 5.74) is -0.699. The third-order valence-corrected chi connectivity index (χ3v) is 5.28. The van der Waals surface area contributed by atoms with E-state index in [0.717, 1.165) is 58.2 Å². The Kier molecular flexibility index (Phi) is 4.52. The Bertz CT molecular complexity index is 374. The van der Waals surface area contributed by atoms with E-state index in [1.54, 1.807) is 7.11 Å². The second-order valence-electron chi connectivity index (χ2n) is 7.14. The van der Waals surface area contributed by atoms with Gasteiger partial charge in [0.1, 0.15) is 5.54 Å². The second-order valence-corrected chi connectivity index (χ2v) is 7.14. The molecule has 1 saturated heterocycles. The van der Waals surface area contributed by atoms with Crippen LogP contribution in [0.15, 0.2) is 0 Å². The first kappa shape index (κ1) is 15.3. The van der Waals surface area contributed by atoms with Gasteiger partial charge in [-0.05, 0) is 63.5 Å². The first-order valence-electron chi connectivity index (χ1n) is 8.36. The number of aliphatic carboxylic acids is 1. The van der Waals surface area contributed by atoms with Crippen molar-refractivity contribution in [3.8, 4) is 0 Å². The molecule has 2 saturated carbocycles. The van der Waals surface area contributed by atoms with Gasteiger partial charge in [-0.2, -0.15) is 0 Å². The molecule has 3 aliphatic rings. The van der Waals surface area contributed by atoms with Crippen LogP contribution < -0.4 is 5.32 Å². The average molecular weight is 296 g/mol. The number of likely N-dealkylation sites (tertiary alicyclic amines) is 1. The molecular formula is C16H28N2O3. The van der Waals surface area contributed by atoms with Gasteiger partial charge in [0.2, 0.25) is 0 Å². The van der Waals surface area contributed by atoms with Crippen molar-refractivity contribution in [2.24, 2.45) is 11.8 Å². The van der Waals surface area contributed by atoms with E-state index >= 15 is 0 Å². The van der Waals surface area contributed by atoms with E-state index in [4.69, 9.17) is 4.74 Å². The van der Waals surface area contributed by atoms with Crippen LogP contribution in [-0.4, -0.2) is 60.9 Å². The molecule has 0 radical (unpaired) electrons. The van der Waals surface area contributed by atoms with Crippen molar-refractivity contribution in [3.05, 3.63) is 0 Å². The summed E-state index contributed by atoms with van der Waals surface area (Å²) in [6, 6.07) is 0.438. The number of piperidine rings is 1. The number of hydrogen-bond donors (Lipinski definition) is 2. The number of ether oxygens (including phenoxy) is 1. The number of hydrogen-bond acceptors (Lipinski definition) is 4. The maximum atomic E-state index is 12.0. The Hall–Kier alpha value is -0.650. The van der Waals surface area contributed by atoms with E-state index in [1.165, 1.54) is 0 Å². The Morgan fingerprint density at radius 1 is 1.24 bits per heavy atom. The first-order valence-corrected chi connectivity index (χ1v) is 8.36. The molecule has 1 aliphatic heterocycles. The summed E-state index contributed by atoms with van der Waals surface area (Å²) in [7, 11) is 1.76. The van der Waals surface area contributed by atoms with Crippen LogP contribution in [-0.2, 0) is 9.53 Å². The largest absolute Gasteiger partial charge is 0.480 e. The van der Waals surface area contributed by atoms with Crippen LogP contribution in [0.1, 0.15) is 38.5 Å². The predicted octanol–water partition coefficient (Wildman–Crippen LogP) is 1.33. The molecule has 5 nitrogen and oxygen atoms in total. The predicted molar refractivity (Wildman–Crippen MR) is 80.3 cm³/mol. The Morgan fingerprint density at radius 3 is 2.38 bits per heavy atom. The summed E-state index contributed by atoms with van der Waals surface area (Å²) in [5.74, 6) is 0.325. The molecule has 2 N–H and O–H groups in total. The minimum absolute atomic E-state index is 0.326. The number of nitrogens with zero attached hydrogens (tertiary/aromatic N) is 1. The van der Waals surface area contributed by atoms with Crippen molar-refractivity contribution >= 4 is 5.97 Å². The van der Waals surface area contributed by atoms with Crippen molar-refractivity contribution in [3.63, 3.8) is 0 Å². The zero-order valence-electron chi connectivity index (χ0n) is 13.0. The molecule has 1 unspecified atom stereocenters. The van der Waals surface area contributed by atoms with E-state index in [9.17, 15) is 9.90 Å². The molecule has 0 aromatic heterocycles. The maximum Gasteiger partial charge on any atom is 0.325 e. The quantitative estimate of drug-likeness (QED) is 0.707. The van der Waals surface area contributed by atoms with Crippen LogP contribution in [0.3, 0.4) is 0 Å². The summed E-state index contributed by atoms with van der Waals surface area (Å²) < 4.78 is 5.24. The molecule has 0 aromatic carbocycles. The van der Waals surface area contributed by atoms with Crippen molar-refractivity contribution in [1.29, 1.82) is 0 Å². The van der Waals surface area contributed by atoms with Crippen molar-refractivity contribution < 1.29 is 14.6 Å². The van der Waals surface area contributed by atoms with Crippen LogP contribution in [0.25, 0.3) is 0 Å².